The van der Waals surface area contributed by atoms with Crippen molar-refractivity contribution in [2.24, 2.45) is 0 Å². The van der Waals surface area contributed by atoms with Crippen LogP contribution in [0.3, 0.4) is 0 Å². The number of aromatic amines is 1. The Balaban J connectivity index is 1.85. The number of hydrogen-bond acceptors (Lipinski definition) is 8. The zero-order valence-corrected chi connectivity index (χ0v) is 20.9. The molecule has 178 valence electrons. The number of aryl methyl sites for hydroxylation is 2. The van der Waals surface area contributed by atoms with Gasteiger partial charge in [0.2, 0.25) is 0 Å². The number of ether oxygens (including phenoxy) is 1. The second kappa shape index (κ2) is 10.0. The molecule has 3 N–H and O–H groups in total. The Hall–Kier alpha value is -3.11. The number of aromatic nitrogens is 2. The Morgan fingerprint density at radius 3 is 2.79 bits per heavy atom. The van der Waals surface area contributed by atoms with Gasteiger partial charge in [0, 0.05) is 35.2 Å². The summed E-state index contributed by atoms with van der Waals surface area (Å²) in [6.45, 7) is 4.25. The lowest BCUT2D eigenvalue weighted by Gasteiger charge is -2.11. The van der Waals surface area contributed by atoms with Crippen LogP contribution in [0.2, 0.25) is 0 Å². The first-order chi connectivity index (χ1) is 16.3. The lowest BCUT2D eigenvalue weighted by atomic mass is 9.99. The number of amides is 1. The van der Waals surface area contributed by atoms with E-state index < -0.39 is 5.97 Å². The number of rotatable bonds is 4. The van der Waals surface area contributed by atoms with Gasteiger partial charge in [0.15, 0.2) is 0 Å². The Morgan fingerprint density at radius 1 is 1.26 bits per heavy atom. The molecule has 1 aliphatic rings. The van der Waals surface area contributed by atoms with Crippen LogP contribution >= 0.6 is 23.6 Å². The molecule has 0 saturated carbocycles. The summed E-state index contributed by atoms with van der Waals surface area (Å²) in [6.07, 6.45) is 2.67. The largest absolute Gasteiger partial charge is 0.465 e. The van der Waals surface area contributed by atoms with Crippen molar-refractivity contribution < 1.29 is 19.1 Å². The van der Waals surface area contributed by atoms with Crippen LogP contribution in [0.4, 0.5) is 11.5 Å². The Kier molecular flexibility index (Phi) is 7.08. The molecule has 0 atom stereocenters. The van der Waals surface area contributed by atoms with Crippen LogP contribution in [0.25, 0.3) is 10.9 Å². The average Bonchev–Trinajstić information content (AvgIpc) is 3.36. The number of nitrogens with zero attached hydrogens (tertiary/aromatic N) is 1. The summed E-state index contributed by atoms with van der Waals surface area (Å²) < 4.78 is 4.93. The molecule has 10 heteroatoms. The van der Waals surface area contributed by atoms with Gasteiger partial charge in [-0.1, -0.05) is 19.1 Å². The van der Waals surface area contributed by atoms with Crippen LogP contribution in [-0.2, 0) is 16.0 Å². The molecule has 2 aromatic heterocycles. The fraction of sp³-hybridized carbons (Fsp3) is 0.375. The average molecular weight is 499 g/mol. The van der Waals surface area contributed by atoms with Crippen molar-refractivity contribution in [1.29, 1.82) is 0 Å². The molecule has 1 amide bonds. The monoisotopic (exact) mass is 498 g/mol. The molecular formula is C24H26N4O4S2. The summed E-state index contributed by atoms with van der Waals surface area (Å²) in [5.74, 6) is -0.143. The van der Waals surface area contributed by atoms with E-state index in [0.29, 0.717) is 76.5 Å². The molecule has 1 aromatic carbocycles. The molecule has 0 spiro atoms. The van der Waals surface area contributed by atoms with E-state index in [1.54, 1.807) is 12.1 Å². The molecule has 1 aliphatic heterocycles. The van der Waals surface area contributed by atoms with E-state index in [1.165, 1.54) is 18.4 Å². The predicted molar refractivity (Wildman–Crippen MR) is 137 cm³/mol. The summed E-state index contributed by atoms with van der Waals surface area (Å²) in [4.78, 5) is 46.7. The van der Waals surface area contributed by atoms with Crippen molar-refractivity contribution in [3.05, 3.63) is 38.8 Å². The number of thiazole rings is 1. The van der Waals surface area contributed by atoms with Gasteiger partial charge in [-0.05, 0) is 38.3 Å². The summed E-state index contributed by atoms with van der Waals surface area (Å²) in [5, 5.41) is 7.90. The molecule has 0 bridgehead atoms. The Bertz CT molecular complexity index is 1310. The second-order valence-corrected chi connectivity index (χ2v) is 9.82. The van der Waals surface area contributed by atoms with E-state index in [9.17, 15) is 14.4 Å². The van der Waals surface area contributed by atoms with E-state index in [1.807, 2.05) is 13.8 Å². The number of anilines is 2. The number of esters is 1. The minimum absolute atomic E-state index is 0.154. The van der Waals surface area contributed by atoms with E-state index in [-0.39, 0.29) is 11.7 Å². The molecule has 4 rings (SSSR count). The molecule has 0 unspecified atom stereocenters. The van der Waals surface area contributed by atoms with Crippen LogP contribution in [-0.4, -0.2) is 46.1 Å². The number of carbonyl (C=O) groups excluding carboxylic acids is 3. The van der Waals surface area contributed by atoms with Crippen LogP contribution in [0, 0.1) is 6.92 Å². The zero-order chi connectivity index (χ0) is 24.4. The summed E-state index contributed by atoms with van der Waals surface area (Å²) in [7, 11) is 1.33. The quantitative estimate of drug-likeness (QED) is 0.350. The maximum absolute atomic E-state index is 13.2. The highest BCUT2D eigenvalue weighted by atomic mass is 32.1. The van der Waals surface area contributed by atoms with Crippen molar-refractivity contribution in [2.75, 3.05) is 24.3 Å². The molecule has 34 heavy (non-hydrogen) atoms. The highest BCUT2D eigenvalue weighted by Crippen LogP contribution is 2.37. The number of hydrogen-bond donors (Lipinski definition) is 3. The van der Waals surface area contributed by atoms with Gasteiger partial charge < -0.3 is 20.4 Å². The van der Waals surface area contributed by atoms with Crippen molar-refractivity contribution in [3.63, 3.8) is 0 Å². The highest BCUT2D eigenvalue weighted by Gasteiger charge is 2.24. The van der Waals surface area contributed by atoms with Crippen LogP contribution in [0.5, 0.6) is 0 Å². The summed E-state index contributed by atoms with van der Waals surface area (Å²) in [5.41, 5.74) is 3.10. The third kappa shape index (κ3) is 4.74. The number of carbonyl (C=O) groups is 3. The molecule has 0 radical (unpaired) electrons. The number of thiocarbonyl (C=S) groups is 1. The van der Waals surface area contributed by atoms with Crippen LogP contribution in [0.15, 0.2) is 12.1 Å². The van der Waals surface area contributed by atoms with Crippen LogP contribution < -0.4 is 10.6 Å². The fourth-order valence-electron chi connectivity index (χ4n) is 4.15. The molecule has 0 aliphatic carbocycles. The van der Waals surface area contributed by atoms with Crippen molar-refractivity contribution in [1.82, 2.24) is 9.97 Å². The van der Waals surface area contributed by atoms with Crippen molar-refractivity contribution in [3.8, 4) is 0 Å². The lowest BCUT2D eigenvalue weighted by Crippen LogP contribution is -2.15. The van der Waals surface area contributed by atoms with Gasteiger partial charge in [-0.2, -0.15) is 0 Å². The van der Waals surface area contributed by atoms with E-state index >= 15 is 0 Å². The van der Waals surface area contributed by atoms with Crippen LogP contribution in [0.1, 0.15) is 68.9 Å². The number of Topliss-reactive ketones (excluding diaryl/α,β-unsaturated/α-hetero) is 1. The zero-order valence-electron chi connectivity index (χ0n) is 19.3. The van der Waals surface area contributed by atoms with Gasteiger partial charge in [0.25, 0.3) is 5.91 Å². The SMILES string of the molecule is CCc1nc(C)sc1C(=O)Nc1[nH]c2cc(C(=O)OC)cc3c2c1NCCC(=O)CCCC3=S. The molecule has 0 fully saturated rings. The third-order valence-corrected chi connectivity index (χ3v) is 7.20. The maximum Gasteiger partial charge on any atom is 0.337 e. The summed E-state index contributed by atoms with van der Waals surface area (Å²) >= 11 is 7.07. The van der Waals surface area contributed by atoms with Crippen molar-refractivity contribution in [2.45, 2.75) is 46.0 Å². The first-order valence-corrected chi connectivity index (χ1v) is 12.4. The topological polar surface area (TPSA) is 113 Å². The standard InChI is InChI=1S/C24H26N4O4S2/c1-4-16-21(34-12(2)26-16)23(30)28-22-20-19-15(10-13(24(31)32-3)11-17(19)27-22)18(33)7-5-6-14(29)8-9-25-20/h10-11,25,27H,4-9H2,1-3H3,(H,28,30). The van der Waals surface area contributed by atoms with Gasteiger partial charge in [-0.3, -0.25) is 9.59 Å². The van der Waals surface area contributed by atoms with Gasteiger partial charge in [-0.15, -0.1) is 11.3 Å². The molecule has 8 nitrogen and oxygen atoms in total. The highest BCUT2D eigenvalue weighted by molar-refractivity contribution is 7.80. The van der Waals surface area contributed by atoms with Gasteiger partial charge in [0.05, 0.1) is 34.6 Å². The van der Waals surface area contributed by atoms with Gasteiger partial charge >= 0.3 is 5.97 Å². The smallest absolute Gasteiger partial charge is 0.337 e. The molecular weight excluding hydrogens is 472 g/mol. The molecule has 0 saturated heterocycles. The minimum Gasteiger partial charge on any atom is -0.465 e. The number of ketones is 1. The predicted octanol–water partition coefficient (Wildman–Crippen LogP) is 4.81. The van der Waals surface area contributed by atoms with E-state index in [2.05, 4.69) is 20.6 Å². The second-order valence-electron chi connectivity index (χ2n) is 8.12. The Morgan fingerprint density at radius 2 is 2.06 bits per heavy atom. The molecule has 3 aromatic rings. The normalized spacial score (nSPS) is 14.4. The number of H-pyrrole nitrogens is 1. The number of benzene rings is 1. The Labute approximate surface area is 206 Å². The maximum atomic E-state index is 13.2. The van der Waals surface area contributed by atoms with E-state index in [0.717, 1.165) is 16.1 Å². The number of nitrogens with one attached hydrogen (secondary N) is 3. The lowest BCUT2D eigenvalue weighted by molar-refractivity contribution is -0.118. The van der Waals surface area contributed by atoms with Gasteiger partial charge in [-0.25, -0.2) is 9.78 Å². The van der Waals surface area contributed by atoms with Crippen molar-refractivity contribution >= 4 is 68.5 Å². The third-order valence-electron chi connectivity index (χ3n) is 5.77. The first kappa shape index (κ1) is 24.0. The van der Waals surface area contributed by atoms with Gasteiger partial charge in [0.1, 0.15) is 16.5 Å². The molecule has 3 heterocycles. The fourth-order valence-corrected chi connectivity index (χ4v) is 5.36. The number of methoxy groups -OCH3 is 1. The van der Waals surface area contributed by atoms with E-state index in [4.69, 9.17) is 17.0 Å². The summed E-state index contributed by atoms with van der Waals surface area (Å²) in [6, 6.07) is 3.41. The minimum atomic E-state index is -0.479. The first-order valence-electron chi connectivity index (χ1n) is 11.2.